The molecule has 0 aliphatic carbocycles. The zero-order chi connectivity index (χ0) is 18.1. The lowest BCUT2D eigenvalue weighted by Gasteiger charge is -2.31. The second-order valence-corrected chi connectivity index (χ2v) is 7.00. The van der Waals surface area contributed by atoms with Crippen LogP contribution in [-0.2, 0) is 7.05 Å². The first kappa shape index (κ1) is 16.7. The number of nitrogens with zero attached hydrogens (tertiary/aromatic N) is 5. The second kappa shape index (κ2) is 6.86. The van der Waals surface area contributed by atoms with Gasteiger partial charge in [-0.2, -0.15) is 0 Å². The van der Waals surface area contributed by atoms with Crippen LogP contribution in [0, 0.1) is 11.7 Å². The van der Waals surface area contributed by atoms with Gasteiger partial charge in [0.05, 0.1) is 0 Å². The highest BCUT2D eigenvalue weighted by atomic mass is 19.1. The number of anilines is 1. The van der Waals surface area contributed by atoms with Crippen molar-refractivity contribution in [2.75, 3.05) is 18.0 Å². The fourth-order valence-electron chi connectivity index (χ4n) is 3.53. The standard InChI is InChI=1S/C20H22FN5/c1-14-5-4-9-26(13-14)20-23-12-17(15-6-3-7-16(21)11-15)18(24-20)19-22-8-10-25(19)2/h3,6-8,10-12,14H,4-5,9,13H2,1-2H3/t14-/m0/s1. The zero-order valence-corrected chi connectivity index (χ0v) is 15.1. The molecule has 3 heterocycles. The summed E-state index contributed by atoms with van der Waals surface area (Å²) in [5.41, 5.74) is 2.26. The molecule has 4 rings (SSSR count). The molecule has 0 amide bonds. The number of benzene rings is 1. The molecule has 6 heteroatoms. The number of imidazole rings is 1. The molecular formula is C20H22FN5. The highest BCUT2D eigenvalue weighted by Gasteiger charge is 2.22. The van der Waals surface area contributed by atoms with Gasteiger partial charge in [-0.3, -0.25) is 0 Å². The molecular weight excluding hydrogens is 329 g/mol. The van der Waals surface area contributed by atoms with Crippen LogP contribution < -0.4 is 4.90 Å². The molecule has 1 aromatic carbocycles. The van der Waals surface area contributed by atoms with Gasteiger partial charge >= 0.3 is 0 Å². The molecule has 1 aliphatic rings. The molecule has 0 unspecified atom stereocenters. The lowest BCUT2D eigenvalue weighted by molar-refractivity contribution is 0.442. The third kappa shape index (κ3) is 3.19. The molecule has 134 valence electrons. The number of hydrogen-bond donors (Lipinski definition) is 0. The summed E-state index contributed by atoms with van der Waals surface area (Å²) in [4.78, 5) is 16.1. The summed E-state index contributed by atoms with van der Waals surface area (Å²) in [6.45, 7) is 4.18. The molecule has 26 heavy (non-hydrogen) atoms. The Balaban J connectivity index is 1.83. The van der Waals surface area contributed by atoms with Gasteiger partial charge in [-0.25, -0.2) is 19.3 Å². The Kier molecular flexibility index (Phi) is 4.41. The van der Waals surface area contributed by atoms with E-state index in [-0.39, 0.29) is 5.82 Å². The number of aromatic nitrogens is 4. The largest absolute Gasteiger partial charge is 0.341 e. The van der Waals surface area contributed by atoms with Gasteiger partial charge in [0.2, 0.25) is 5.95 Å². The van der Waals surface area contributed by atoms with Crippen LogP contribution in [0.3, 0.4) is 0 Å². The highest BCUT2D eigenvalue weighted by Crippen LogP contribution is 2.31. The van der Waals surface area contributed by atoms with Crippen LogP contribution >= 0.6 is 0 Å². The summed E-state index contributed by atoms with van der Waals surface area (Å²) in [6, 6.07) is 6.52. The van der Waals surface area contributed by atoms with Crippen molar-refractivity contribution in [3.8, 4) is 22.6 Å². The van der Waals surface area contributed by atoms with Crippen molar-refractivity contribution in [1.82, 2.24) is 19.5 Å². The van der Waals surface area contributed by atoms with Crippen LogP contribution in [0.1, 0.15) is 19.8 Å². The summed E-state index contributed by atoms with van der Waals surface area (Å²) < 4.78 is 15.7. The summed E-state index contributed by atoms with van der Waals surface area (Å²) >= 11 is 0. The zero-order valence-electron chi connectivity index (χ0n) is 15.1. The van der Waals surface area contributed by atoms with Crippen molar-refractivity contribution < 1.29 is 4.39 Å². The van der Waals surface area contributed by atoms with Crippen molar-refractivity contribution in [2.24, 2.45) is 13.0 Å². The molecule has 0 radical (unpaired) electrons. The minimum Gasteiger partial charge on any atom is -0.341 e. The van der Waals surface area contributed by atoms with Crippen LogP contribution in [0.25, 0.3) is 22.6 Å². The van der Waals surface area contributed by atoms with Crippen molar-refractivity contribution in [3.63, 3.8) is 0 Å². The normalized spacial score (nSPS) is 17.5. The van der Waals surface area contributed by atoms with Crippen molar-refractivity contribution in [2.45, 2.75) is 19.8 Å². The number of halogens is 1. The van der Waals surface area contributed by atoms with E-state index >= 15 is 0 Å². The predicted molar refractivity (Wildman–Crippen MR) is 100 cm³/mol. The molecule has 0 saturated carbocycles. The molecule has 0 bridgehead atoms. The van der Waals surface area contributed by atoms with E-state index in [1.807, 2.05) is 23.9 Å². The van der Waals surface area contributed by atoms with E-state index in [2.05, 4.69) is 21.8 Å². The Hall–Kier alpha value is -2.76. The second-order valence-electron chi connectivity index (χ2n) is 7.00. The van der Waals surface area contributed by atoms with Gasteiger partial charge in [-0.05, 0) is 36.5 Å². The molecule has 0 N–H and O–H groups in total. The smallest absolute Gasteiger partial charge is 0.226 e. The quantitative estimate of drug-likeness (QED) is 0.717. The van der Waals surface area contributed by atoms with E-state index < -0.39 is 0 Å². The SMILES string of the molecule is C[C@H]1CCCN(c2ncc(-c3cccc(F)c3)c(-c3nccn3C)n2)C1. The van der Waals surface area contributed by atoms with Crippen LogP contribution in [0.15, 0.2) is 42.9 Å². The first-order valence-corrected chi connectivity index (χ1v) is 8.97. The molecule has 3 aromatic rings. The third-order valence-electron chi connectivity index (χ3n) is 4.88. The summed E-state index contributed by atoms with van der Waals surface area (Å²) in [5, 5.41) is 0. The van der Waals surface area contributed by atoms with Crippen molar-refractivity contribution >= 4 is 5.95 Å². The molecule has 1 atom stereocenters. The molecule has 5 nitrogen and oxygen atoms in total. The van der Waals surface area contributed by atoms with Gasteiger partial charge in [-0.15, -0.1) is 0 Å². The van der Waals surface area contributed by atoms with E-state index in [0.717, 1.165) is 48.1 Å². The fourth-order valence-corrected chi connectivity index (χ4v) is 3.53. The van der Waals surface area contributed by atoms with E-state index in [0.29, 0.717) is 5.92 Å². The lowest BCUT2D eigenvalue weighted by atomic mass is 10.0. The monoisotopic (exact) mass is 351 g/mol. The van der Waals surface area contributed by atoms with E-state index in [1.165, 1.54) is 18.6 Å². The van der Waals surface area contributed by atoms with Gasteiger partial charge in [0.15, 0.2) is 5.82 Å². The van der Waals surface area contributed by atoms with Gasteiger partial charge in [-0.1, -0.05) is 19.1 Å². The lowest BCUT2D eigenvalue weighted by Crippen LogP contribution is -2.35. The summed E-state index contributed by atoms with van der Waals surface area (Å²) in [5.74, 6) is 1.82. The van der Waals surface area contributed by atoms with Gasteiger partial charge in [0.25, 0.3) is 0 Å². The Morgan fingerprint density at radius 1 is 1.23 bits per heavy atom. The molecule has 1 fully saturated rings. The van der Waals surface area contributed by atoms with Gasteiger partial charge < -0.3 is 9.47 Å². The van der Waals surface area contributed by atoms with Gasteiger partial charge in [0.1, 0.15) is 11.5 Å². The minimum atomic E-state index is -0.276. The summed E-state index contributed by atoms with van der Waals surface area (Å²) in [6.07, 6.45) is 7.81. The van der Waals surface area contributed by atoms with Gasteiger partial charge in [0, 0.05) is 44.3 Å². The average Bonchev–Trinajstić information content (AvgIpc) is 3.07. The molecule has 1 aliphatic heterocycles. The maximum atomic E-state index is 13.7. The van der Waals surface area contributed by atoms with Crippen LogP contribution in [0.2, 0.25) is 0 Å². The van der Waals surface area contributed by atoms with E-state index in [1.54, 1.807) is 18.5 Å². The predicted octanol–water partition coefficient (Wildman–Crippen LogP) is 3.92. The molecule has 2 aromatic heterocycles. The Labute approximate surface area is 152 Å². The van der Waals surface area contributed by atoms with Crippen molar-refractivity contribution in [3.05, 3.63) is 48.7 Å². The van der Waals surface area contributed by atoms with Crippen LogP contribution in [-0.4, -0.2) is 32.6 Å². The minimum absolute atomic E-state index is 0.276. The Bertz CT molecular complexity index is 920. The summed E-state index contributed by atoms with van der Waals surface area (Å²) in [7, 11) is 1.93. The van der Waals surface area contributed by atoms with Crippen LogP contribution in [0.5, 0.6) is 0 Å². The van der Waals surface area contributed by atoms with E-state index in [9.17, 15) is 4.39 Å². The van der Waals surface area contributed by atoms with Crippen LogP contribution in [0.4, 0.5) is 10.3 Å². The maximum Gasteiger partial charge on any atom is 0.226 e. The first-order valence-electron chi connectivity index (χ1n) is 8.97. The number of piperidine rings is 1. The molecule has 1 saturated heterocycles. The van der Waals surface area contributed by atoms with Crippen molar-refractivity contribution in [1.29, 1.82) is 0 Å². The molecule has 0 spiro atoms. The van der Waals surface area contributed by atoms with E-state index in [4.69, 9.17) is 4.98 Å². The number of hydrogen-bond acceptors (Lipinski definition) is 4. The number of aryl methyl sites for hydroxylation is 1. The maximum absolute atomic E-state index is 13.7. The Morgan fingerprint density at radius 3 is 2.85 bits per heavy atom. The fraction of sp³-hybridized carbons (Fsp3) is 0.350. The Morgan fingerprint density at radius 2 is 2.12 bits per heavy atom. The highest BCUT2D eigenvalue weighted by molar-refractivity contribution is 5.78. The topological polar surface area (TPSA) is 46.8 Å². The number of rotatable bonds is 3. The average molecular weight is 351 g/mol. The third-order valence-corrected chi connectivity index (χ3v) is 4.88. The first-order chi connectivity index (χ1) is 12.6.